The highest BCUT2D eigenvalue weighted by Crippen LogP contribution is 2.34. The molecule has 0 atom stereocenters. The van der Waals surface area contributed by atoms with E-state index < -0.39 is 0 Å². The molecule has 8 rings (SSSR count). The molecular weight excluding hydrogens is 536 g/mol. The lowest BCUT2D eigenvalue weighted by molar-refractivity contribution is 1.23. The van der Waals surface area contributed by atoms with Gasteiger partial charge in [0.2, 0.25) is 0 Å². The van der Waals surface area contributed by atoms with Gasteiger partial charge in [0.25, 0.3) is 0 Å². The second-order valence-electron chi connectivity index (χ2n) is 12.4. The molecule has 44 heavy (non-hydrogen) atoms. The Morgan fingerprint density at radius 3 is 1.05 bits per heavy atom. The van der Waals surface area contributed by atoms with E-state index >= 15 is 0 Å². The number of aryl methyl sites for hydroxylation is 8. The number of pyridine rings is 4. The average Bonchev–Trinajstić information content (AvgIpc) is 2.96. The van der Waals surface area contributed by atoms with Gasteiger partial charge in [-0.2, -0.15) is 0 Å². The second-order valence-corrected chi connectivity index (χ2v) is 12.4. The number of hydrogen-bond donors (Lipinski definition) is 0. The fourth-order valence-corrected chi connectivity index (χ4v) is 7.06. The molecule has 8 aromatic rings. The molecule has 0 amide bonds. The van der Waals surface area contributed by atoms with Gasteiger partial charge in [-0.15, -0.1) is 0 Å². The van der Waals surface area contributed by atoms with Gasteiger partial charge in [0.15, 0.2) is 0 Å². The van der Waals surface area contributed by atoms with Crippen LogP contribution in [0.5, 0.6) is 0 Å². The minimum Gasteiger partial charge on any atom is -0.253 e. The van der Waals surface area contributed by atoms with Crippen LogP contribution in [0.25, 0.3) is 65.2 Å². The van der Waals surface area contributed by atoms with Crippen molar-refractivity contribution in [2.24, 2.45) is 0 Å². The van der Waals surface area contributed by atoms with Gasteiger partial charge in [-0.25, -0.2) is 0 Å². The van der Waals surface area contributed by atoms with Crippen molar-refractivity contribution in [3.05, 3.63) is 118 Å². The van der Waals surface area contributed by atoms with Crippen LogP contribution in [0.4, 0.5) is 0 Å². The first-order valence-electron chi connectivity index (χ1n) is 15.2. The van der Waals surface area contributed by atoms with E-state index in [9.17, 15) is 0 Å². The highest BCUT2D eigenvalue weighted by molar-refractivity contribution is 6.18. The molecule has 0 aliphatic rings. The summed E-state index contributed by atoms with van der Waals surface area (Å²) in [6.45, 7) is 16.8. The fraction of sp³-hybridized carbons (Fsp3) is 0.200. The monoisotopic (exact) mass is 572 g/mol. The smallest absolute Gasteiger partial charge is 0.0786 e. The van der Waals surface area contributed by atoms with E-state index in [0.717, 1.165) is 44.8 Å². The van der Waals surface area contributed by atoms with E-state index in [0.29, 0.717) is 0 Å². The Bertz CT molecular complexity index is 2300. The first kappa shape index (κ1) is 27.8. The maximum absolute atomic E-state index is 4.79. The number of aromatic nitrogens is 4. The molecule has 0 saturated heterocycles. The molecular formula is C40H36N4. The standard InChI is InChI=1S/2C20H18N2/c1-11-9-13(3)21-17-7-6-16-15(19(11)17)5-8-18-20(16)12(2)10-14(4)22-18;1-11-9-13(3)21-19-15(11)5-7-18-17(19)8-6-16-12(2)10-14(4)22-20(16)18/h2*5-10H,1-4H3. The Labute approximate surface area is 257 Å². The zero-order valence-corrected chi connectivity index (χ0v) is 26.7. The SMILES string of the molecule is Cc1cc(C)c2c(ccc3c2ccc2nc(C)cc(C)c23)n1.Cc1cc(C)c2ccc3c(ccc4c(C)cc(C)nc43)c2n1. The molecule has 4 aromatic carbocycles. The van der Waals surface area contributed by atoms with Crippen LogP contribution in [-0.4, -0.2) is 19.9 Å². The van der Waals surface area contributed by atoms with Gasteiger partial charge in [0, 0.05) is 55.1 Å². The molecule has 0 fully saturated rings. The van der Waals surface area contributed by atoms with Crippen molar-refractivity contribution >= 4 is 65.2 Å². The first-order valence-corrected chi connectivity index (χ1v) is 15.2. The number of fused-ring (bicyclic) bond motifs is 10. The predicted molar refractivity (Wildman–Crippen MR) is 187 cm³/mol. The van der Waals surface area contributed by atoms with Gasteiger partial charge in [0.1, 0.15) is 0 Å². The molecule has 216 valence electrons. The molecule has 0 bridgehead atoms. The topological polar surface area (TPSA) is 51.6 Å². The normalized spacial score (nSPS) is 11.6. The molecule has 0 radical (unpaired) electrons. The Morgan fingerprint density at radius 2 is 0.636 bits per heavy atom. The van der Waals surface area contributed by atoms with Crippen molar-refractivity contribution in [2.75, 3.05) is 0 Å². The third kappa shape index (κ3) is 4.53. The number of benzene rings is 4. The summed E-state index contributed by atoms with van der Waals surface area (Å²) in [6, 6.07) is 26.0. The lowest BCUT2D eigenvalue weighted by Gasteiger charge is -2.11. The van der Waals surface area contributed by atoms with Crippen LogP contribution in [0.2, 0.25) is 0 Å². The summed E-state index contributed by atoms with van der Waals surface area (Å²) in [6.07, 6.45) is 0. The van der Waals surface area contributed by atoms with E-state index in [1.807, 2.05) is 13.8 Å². The van der Waals surface area contributed by atoms with Crippen LogP contribution >= 0.6 is 0 Å². The van der Waals surface area contributed by atoms with Crippen molar-refractivity contribution in [3.8, 4) is 0 Å². The van der Waals surface area contributed by atoms with Crippen LogP contribution in [-0.2, 0) is 0 Å². The van der Waals surface area contributed by atoms with Crippen LogP contribution in [0.1, 0.15) is 45.0 Å². The van der Waals surface area contributed by atoms with Gasteiger partial charge in [0.05, 0.1) is 22.1 Å². The van der Waals surface area contributed by atoms with Crippen LogP contribution < -0.4 is 0 Å². The van der Waals surface area contributed by atoms with Crippen molar-refractivity contribution in [2.45, 2.75) is 55.4 Å². The predicted octanol–water partition coefficient (Wildman–Crippen LogP) is 10.3. The van der Waals surface area contributed by atoms with Crippen LogP contribution in [0.3, 0.4) is 0 Å². The Morgan fingerprint density at radius 1 is 0.318 bits per heavy atom. The highest BCUT2D eigenvalue weighted by Gasteiger charge is 2.12. The minimum atomic E-state index is 1.06. The van der Waals surface area contributed by atoms with Crippen molar-refractivity contribution in [1.29, 1.82) is 0 Å². The van der Waals surface area contributed by atoms with E-state index in [-0.39, 0.29) is 0 Å². The molecule has 0 saturated carbocycles. The first-order chi connectivity index (χ1) is 21.1. The molecule has 0 spiro atoms. The molecule has 0 aliphatic heterocycles. The van der Waals surface area contributed by atoms with E-state index in [1.165, 1.54) is 65.3 Å². The van der Waals surface area contributed by atoms with Gasteiger partial charge in [-0.05, 0) is 125 Å². The molecule has 4 aromatic heterocycles. The molecule has 4 nitrogen and oxygen atoms in total. The summed E-state index contributed by atoms with van der Waals surface area (Å²) < 4.78 is 0. The van der Waals surface area contributed by atoms with Crippen molar-refractivity contribution in [3.63, 3.8) is 0 Å². The van der Waals surface area contributed by atoms with Crippen molar-refractivity contribution < 1.29 is 0 Å². The van der Waals surface area contributed by atoms with Gasteiger partial charge < -0.3 is 0 Å². The zero-order valence-electron chi connectivity index (χ0n) is 26.7. The summed E-state index contributed by atoms with van der Waals surface area (Å²) in [4.78, 5) is 19.0. The summed E-state index contributed by atoms with van der Waals surface area (Å²) in [5, 5.41) is 9.87. The maximum atomic E-state index is 4.79. The van der Waals surface area contributed by atoms with Crippen LogP contribution in [0.15, 0.2) is 72.8 Å². The zero-order chi connectivity index (χ0) is 30.9. The Kier molecular flexibility index (Phi) is 6.55. The summed E-state index contributed by atoms with van der Waals surface area (Å²) >= 11 is 0. The Balaban J connectivity index is 0.000000142. The van der Waals surface area contributed by atoms with E-state index in [4.69, 9.17) is 9.97 Å². The third-order valence-electron chi connectivity index (χ3n) is 8.81. The van der Waals surface area contributed by atoms with Gasteiger partial charge in [-0.1, -0.05) is 36.4 Å². The molecule has 4 heteroatoms. The minimum absolute atomic E-state index is 1.06. The average molecular weight is 573 g/mol. The number of hydrogen-bond acceptors (Lipinski definition) is 4. The van der Waals surface area contributed by atoms with E-state index in [2.05, 4.69) is 124 Å². The second kappa shape index (κ2) is 10.3. The van der Waals surface area contributed by atoms with Crippen LogP contribution in [0, 0.1) is 55.4 Å². The summed E-state index contributed by atoms with van der Waals surface area (Å²) in [5.41, 5.74) is 13.7. The number of rotatable bonds is 0. The summed E-state index contributed by atoms with van der Waals surface area (Å²) in [7, 11) is 0. The molecule has 0 unspecified atom stereocenters. The molecule has 4 heterocycles. The van der Waals surface area contributed by atoms with E-state index in [1.54, 1.807) is 0 Å². The number of nitrogens with zero attached hydrogens (tertiary/aromatic N) is 4. The lowest BCUT2D eigenvalue weighted by Crippen LogP contribution is -1.92. The highest BCUT2D eigenvalue weighted by atomic mass is 14.7. The molecule has 0 aliphatic carbocycles. The lowest BCUT2D eigenvalue weighted by atomic mass is 9.96. The molecule has 0 N–H and O–H groups in total. The Hall–Kier alpha value is -4.96. The maximum Gasteiger partial charge on any atom is 0.0786 e. The largest absolute Gasteiger partial charge is 0.253 e. The third-order valence-corrected chi connectivity index (χ3v) is 8.81. The van der Waals surface area contributed by atoms with Gasteiger partial charge in [-0.3, -0.25) is 19.9 Å². The fourth-order valence-electron chi connectivity index (χ4n) is 7.06. The quantitative estimate of drug-likeness (QED) is 0.170. The van der Waals surface area contributed by atoms with Crippen molar-refractivity contribution in [1.82, 2.24) is 19.9 Å². The summed E-state index contributed by atoms with van der Waals surface area (Å²) in [5.74, 6) is 0. The van der Waals surface area contributed by atoms with Gasteiger partial charge >= 0.3 is 0 Å².